The van der Waals surface area contributed by atoms with Crippen molar-refractivity contribution in [3.63, 3.8) is 0 Å². The Morgan fingerprint density at radius 3 is 2.53 bits per heavy atom. The molecular formula is C13H19NO3. The first kappa shape index (κ1) is 13.5. The number of phenolic OH excluding ortho intramolecular Hbond substituents is 1. The van der Waals surface area contributed by atoms with Crippen molar-refractivity contribution in [2.24, 2.45) is 0 Å². The molecule has 0 saturated heterocycles. The number of carboxylic acids is 1. The number of rotatable bonds is 4. The second-order valence-electron chi connectivity index (χ2n) is 5.16. The molecule has 94 valence electrons. The van der Waals surface area contributed by atoms with Crippen molar-refractivity contribution in [3.05, 3.63) is 29.8 Å². The zero-order valence-corrected chi connectivity index (χ0v) is 10.4. The molecule has 1 atom stereocenters. The van der Waals surface area contributed by atoms with Gasteiger partial charge in [0.2, 0.25) is 0 Å². The summed E-state index contributed by atoms with van der Waals surface area (Å²) >= 11 is 0. The predicted molar refractivity (Wildman–Crippen MR) is 66.1 cm³/mol. The van der Waals surface area contributed by atoms with E-state index in [4.69, 9.17) is 5.11 Å². The topological polar surface area (TPSA) is 69.6 Å². The smallest absolute Gasteiger partial charge is 0.321 e. The highest BCUT2D eigenvalue weighted by molar-refractivity contribution is 5.74. The van der Waals surface area contributed by atoms with E-state index in [1.807, 2.05) is 20.8 Å². The lowest BCUT2D eigenvalue weighted by molar-refractivity contribution is -0.140. The largest absolute Gasteiger partial charge is 0.508 e. The highest BCUT2D eigenvalue weighted by Crippen LogP contribution is 2.14. The second-order valence-corrected chi connectivity index (χ2v) is 5.16. The van der Waals surface area contributed by atoms with Crippen LogP contribution in [-0.4, -0.2) is 27.8 Å². The summed E-state index contributed by atoms with van der Waals surface area (Å²) in [6.07, 6.45) is 0.348. The fourth-order valence-electron chi connectivity index (χ4n) is 1.64. The van der Waals surface area contributed by atoms with Gasteiger partial charge in [0.25, 0.3) is 0 Å². The number of hydrogen-bond acceptors (Lipinski definition) is 3. The van der Waals surface area contributed by atoms with Crippen molar-refractivity contribution in [2.45, 2.75) is 38.8 Å². The molecule has 0 bridgehead atoms. The molecule has 0 aliphatic heterocycles. The van der Waals surface area contributed by atoms with Crippen molar-refractivity contribution in [2.75, 3.05) is 0 Å². The first-order valence-corrected chi connectivity index (χ1v) is 5.56. The SMILES string of the molecule is CC(C)(C)NC(Cc1cccc(O)c1)C(=O)O. The lowest BCUT2D eigenvalue weighted by Gasteiger charge is -2.26. The van der Waals surface area contributed by atoms with Gasteiger partial charge in [0.05, 0.1) is 0 Å². The van der Waals surface area contributed by atoms with E-state index in [9.17, 15) is 9.90 Å². The van der Waals surface area contributed by atoms with Gasteiger partial charge < -0.3 is 10.2 Å². The molecule has 0 heterocycles. The summed E-state index contributed by atoms with van der Waals surface area (Å²) in [4.78, 5) is 11.1. The molecule has 4 heteroatoms. The normalized spacial score (nSPS) is 13.4. The zero-order valence-electron chi connectivity index (χ0n) is 10.4. The quantitative estimate of drug-likeness (QED) is 0.746. The fraction of sp³-hybridized carbons (Fsp3) is 0.462. The van der Waals surface area contributed by atoms with Gasteiger partial charge in [-0.05, 0) is 44.9 Å². The Labute approximate surface area is 101 Å². The van der Waals surface area contributed by atoms with Gasteiger partial charge in [-0.1, -0.05) is 12.1 Å². The van der Waals surface area contributed by atoms with Crippen molar-refractivity contribution in [1.82, 2.24) is 5.32 Å². The summed E-state index contributed by atoms with van der Waals surface area (Å²) in [5.74, 6) is -0.731. The van der Waals surface area contributed by atoms with E-state index in [0.717, 1.165) is 5.56 Å². The van der Waals surface area contributed by atoms with Crippen molar-refractivity contribution < 1.29 is 15.0 Å². The Balaban J connectivity index is 2.77. The number of aromatic hydroxyl groups is 1. The first-order chi connectivity index (χ1) is 7.78. The molecule has 1 aromatic rings. The van der Waals surface area contributed by atoms with Crippen molar-refractivity contribution in [1.29, 1.82) is 0 Å². The highest BCUT2D eigenvalue weighted by Gasteiger charge is 2.23. The molecule has 0 spiro atoms. The molecule has 0 radical (unpaired) electrons. The molecule has 0 aliphatic carbocycles. The van der Waals surface area contributed by atoms with Gasteiger partial charge in [0.1, 0.15) is 11.8 Å². The number of carbonyl (C=O) groups is 1. The third-order valence-electron chi connectivity index (χ3n) is 2.26. The van der Waals surface area contributed by atoms with Crippen molar-refractivity contribution >= 4 is 5.97 Å². The Kier molecular flexibility index (Phi) is 4.12. The van der Waals surface area contributed by atoms with Gasteiger partial charge in [-0.2, -0.15) is 0 Å². The standard InChI is InChI=1S/C13H19NO3/c1-13(2,3)14-11(12(16)17)8-9-5-4-6-10(15)7-9/h4-7,11,14-15H,8H2,1-3H3,(H,16,17). The number of hydrogen-bond donors (Lipinski definition) is 3. The fourth-order valence-corrected chi connectivity index (χ4v) is 1.64. The Morgan fingerprint density at radius 1 is 1.41 bits per heavy atom. The number of carboxylic acid groups (broad SMARTS) is 1. The molecule has 17 heavy (non-hydrogen) atoms. The molecular weight excluding hydrogens is 218 g/mol. The van der Waals surface area contributed by atoms with Crippen LogP contribution < -0.4 is 5.32 Å². The number of aliphatic carboxylic acids is 1. The molecule has 1 aromatic carbocycles. The third-order valence-corrected chi connectivity index (χ3v) is 2.26. The van der Waals surface area contributed by atoms with Gasteiger partial charge in [-0.15, -0.1) is 0 Å². The minimum Gasteiger partial charge on any atom is -0.508 e. The van der Waals surface area contributed by atoms with Crippen LogP contribution in [0.25, 0.3) is 0 Å². The molecule has 0 amide bonds. The summed E-state index contributed by atoms with van der Waals surface area (Å²) < 4.78 is 0. The van der Waals surface area contributed by atoms with E-state index in [0.29, 0.717) is 6.42 Å². The molecule has 1 rings (SSSR count). The van der Waals surface area contributed by atoms with E-state index in [1.54, 1.807) is 24.3 Å². The number of nitrogens with one attached hydrogen (secondary N) is 1. The maximum absolute atomic E-state index is 11.1. The van der Waals surface area contributed by atoms with Crippen LogP contribution in [0.3, 0.4) is 0 Å². The Morgan fingerprint density at radius 2 is 2.06 bits per heavy atom. The van der Waals surface area contributed by atoms with Gasteiger partial charge in [-0.3, -0.25) is 10.1 Å². The Hall–Kier alpha value is -1.55. The van der Waals surface area contributed by atoms with Crippen LogP contribution in [0.2, 0.25) is 0 Å². The summed E-state index contributed by atoms with van der Waals surface area (Å²) in [5.41, 5.74) is 0.536. The zero-order chi connectivity index (χ0) is 13.1. The average molecular weight is 237 g/mol. The third kappa shape index (κ3) is 4.87. The monoisotopic (exact) mass is 237 g/mol. The predicted octanol–water partition coefficient (Wildman–Crippen LogP) is 1.78. The van der Waals surface area contributed by atoms with Crippen LogP contribution in [0.15, 0.2) is 24.3 Å². The van der Waals surface area contributed by atoms with Crippen LogP contribution in [-0.2, 0) is 11.2 Å². The van der Waals surface area contributed by atoms with Crippen molar-refractivity contribution in [3.8, 4) is 5.75 Å². The first-order valence-electron chi connectivity index (χ1n) is 5.56. The lowest BCUT2D eigenvalue weighted by Crippen LogP contribution is -2.48. The van der Waals surface area contributed by atoms with Gasteiger partial charge in [-0.25, -0.2) is 0 Å². The van der Waals surface area contributed by atoms with E-state index in [1.165, 1.54) is 0 Å². The minimum absolute atomic E-state index is 0.155. The van der Waals surface area contributed by atoms with E-state index < -0.39 is 12.0 Å². The molecule has 4 nitrogen and oxygen atoms in total. The molecule has 0 aromatic heterocycles. The van der Waals surface area contributed by atoms with E-state index in [-0.39, 0.29) is 11.3 Å². The maximum Gasteiger partial charge on any atom is 0.321 e. The second kappa shape index (κ2) is 5.19. The highest BCUT2D eigenvalue weighted by atomic mass is 16.4. The average Bonchev–Trinajstić information content (AvgIpc) is 2.14. The van der Waals surface area contributed by atoms with E-state index >= 15 is 0 Å². The summed E-state index contributed by atoms with van der Waals surface area (Å²) in [6, 6.07) is 6.01. The van der Waals surface area contributed by atoms with Crippen LogP contribution in [0.5, 0.6) is 5.75 Å². The van der Waals surface area contributed by atoms with Crippen LogP contribution in [0.4, 0.5) is 0 Å². The number of benzene rings is 1. The summed E-state index contributed by atoms with van der Waals surface area (Å²) in [5, 5.41) is 21.5. The van der Waals surface area contributed by atoms with Gasteiger partial charge >= 0.3 is 5.97 Å². The minimum atomic E-state index is -0.886. The van der Waals surface area contributed by atoms with Gasteiger partial charge in [0.15, 0.2) is 0 Å². The summed E-state index contributed by atoms with van der Waals surface area (Å²) in [6.45, 7) is 5.77. The molecule has 0 aliphatic rings. The molecule has 3 N–H and O–H groups in total. The molecule has 1 unspecified atom stereocenters. The molecule has 0 saturated carbocycles. The van der Waals surface area contributed by atoms with Crippen LogP contribution in [0, 0.1) is 0 Å². The Bertz CT molecular complexity index is 396. The number of phenols is 1. The lowest BCUT2D eigenvalue weighted by atomic mass is 10.0. The maximum atomic E-state index is 11.1. The van der Waals surface area contributed by atoms with E-state index in [2.05, 4.69) is 5.32 Å². The summed E-state index contributed by atoms with van der Waals surface area (Å²) in [7, 11) is 0. The molecule has 0 fully saturated rings. The van der Waals surface area contributed by atoms with Gasteiger partial charge in [0, 0.05) is 5.54 Å². The van der Waals surface area contributed by atoms with Crippen LogP contribution >= 0.6 is 0 Å². The van der Waals surface area contributed by atoms with Crippen LogP contribution in [0.1, 0.15) is 26.3 Å².